The van der Waals surface area contributed by atoms with Gasteiger partial charge in [-0.15, -0.1) is 0 Å². The smallest absolute Gasteiger partial charge is 0.222 e. The molecular weight excluding hydrogens is 403 g/mol. The Morgan fingerprint density at radius 2 is 2.03 bits per heavy atom. The highest BCUT2D eigenvalue weighted by Crippen LogP contribution is 2.38. The Bertz CT molecular complexity index is 1000. The second-order valence-electron chi connectivity index (χ2n) is 9.43. The van der Waals surface area contributed by atoms with Crippen LogP contribution in [-0.4, -0.2) is 50.0 Å². The Morgan fingerprint density at radius 1 is 1.22 bits per heavy atom. The zero-order valence-electron chi connectivity index (χ0n) is 19.3. The molecule has 170 valence electrons. The quantitative estimate of drug-likeness (QED) is 0.543. The van der Waals surface area contributed by atoms with E-state index in [1.807, 2.05) is 11.0 Å². The molecule has 1 atom stereocenters. The Hall–Kier alpha value is -2.89. The molecule has 1 saturated heterocycles. The van der Waals surface area contributed by atoms with E-state index < -0.39 is 0 Å². The number of anilines is 1. The summed E-state index contributed by atoms with van der Waals surface area (Å²) in [6.07, 6.45) is 2.61. The fourth-order valence-corrected chi connectivity index (χ4v) is 4.80. The second kappa shape index (κ2) is 9.31. The molecule has 0 saturated carbocycles. The van der Waals surface area contributed by atoms with Gasteiger partial charge in [0.2, 0.25) is 5.91 Å². The van der Waals surface area contributed by atoms with Crippen LogP contribution < -0.4 is 10.2 Å². The number of carbonyl (C=O) groups is 1. The van der Waals surface area contributed by atoms with E-state index in [2.05, 4.69) is 53.3 Å². The van der Waals surface area contributed by atoms with Crippen molar-refractivity contribution >= 4 is 17.6 Å². The Kier molecular flexibility index (Phi) is 6.49. The predicted octanol–water partition coefficient (Wildman–Crippen LogP) is 4.30. The van der Waals surface area contributed by atoms with Gasteiger partial charge in [-0.3, -0.25) is 9.79 Å². The first-order chi connectivity index (χ1) is 15.4. The molecule has 1 amide bonds. The lowest BCUT2D eigenvalue weighted by Gasteiger charge is -2.30. The van der Waals surface area contributed by atoms with Crippen LogP contribution in [0.3, 0.4) is 0 Å². The van der Waals surface area contributed by atoms with Gasteiger partial charge in [-0.05, 0) is 42.2 Å². The minimum absolute atomic E-state index is 0.215. The molecule has 0 aliphatic carbocycles. The number of nitrogens with zero attached hydrogens (tertiary/aromatic N) is 3. The summed E-state index contributed by atoms with van der Waals surface area (Å²) >= 11 is 0. The third-order valence-electron chi connectivity index (χ3n) is 6.75. The second-order valence-corrected chi connectivity index (χ2v) is 9.43. The first-order valence-corrected chi connectivity index (χ1v) is 11.5. The molecule has 32 heavy (non-hydrogen) atoms. The molecule has 2 aromatic carbocycles. The highest BCUT2D eigenvalue weighted by molar-refractivity contribution is 5.98. The van der Waals surface area contributed by atoms with Crippen LogP contribution in [0.25, 0.3) is 0 Å². The third-order valence-corrected chi connectivity index (χ3v) is 6.75. The maximum atomic E-state index is 13.7. The van der Waals surface area contributed by atoms with Crippen LogP contribution >= 0.6 is 0 Å². The Morgan fingerprint density at radius 3 is 2.75 bits per heavy atom. The highest BCUT2D eigenvalue weighted by atomic mass is 19.1. The van der Waals surface area contributed by atoms with Gasteiger partial charge in [-0.25, -0.2) is 4.39 Å². The van der Waals surface area contributed by atoms with E-state index in [4.69, 9.17) is 0 Å². The van der Waals surface area contributed by atoms with Crippen LogP contribution in [0, 0.1) is 5.82 Å². The molecule has 0 radical (unpaired) electrons. The first kappa shape index (κ1) is 22.3. The molecule has 2 aromatic rings. The molecule has 0 bridgehead atoms. The average molecular weight is 437 g/mol. The number of hydrogen-bond acceptors (Lipinski definition) is 2. The number of carbonyl (C=O) groups excluding carboxylic acids is 1. The minimum Gasteiger partial charge on any atom is -0.355 e. The standard InChI is InChI=1S/C26H33FN4O/c1-26(2,20-8-6-9-21(27)16-20)18-29-25(28-3)31-17-19(22-10-4-5-11-23(22)31)13-15-30-14-7-12-24(30)32/h4-6,8-11,16,19H,7,12-15,17-18H2,1-3H3,(H,28,29). The lowest BCUT2D eigenvalue weighted by atomic mass is 9.84. The van der Waals surface area contributed by atoms with Gasteiger partial charge in [0.1, 0.15) is 5.82 Å². The summed E-state index contributed by atoms with van der Waals surface area (Å²) in [5, 5.41) is 3.52. The number of hydrogen-bond donors (Lipinski definition) is 1. The van der Waals surface area contributed by atoms with Gasteiger partial charge in [-0.2, -0.15) is 0 Å². The van der Waals surface area contributed by atoms with Gasteiger partial charge in [0.15, 0.2) is 5.96 Å². The maximum absolute atomic E-state index is 13.7. The zero-order valence-corrected chi connectivity index (χ0v) is 19.3. The van der Waals surface area contributed by atoms with Crippen LogP contribution in [0.15, 0.2) is 53.5 Å². The van der Waals surface area contributed by atoms with E-state index in [0.717, 1.165) is 44.0 Å². The van der Waals surface area contributed by atoms with Crippen molar-refractivity contribution < 1.29 is 9.18 Å². The number of guanidine groups is 1. The number of likely N-dealkylation sites (tertiary alicyclic amines) is 1. The van der Waals surface area contributed by atoms with Crippen LogP contribution in [0.5, 0.6) is 0 Å². The maximum Gasteiger partial charge on any atom is 0.222 e. The molecule has 5 nitrogen and oxygen atoms in total. The van der Waals surface area contributed by atoms with Gasteiger partial charge in [-0.1, -0.05) is 44.2 Å². The minimum atomic E-state index is -0.257. The molecule has 0 aromatic heterocycles. The summed E-state index contributed by atoms with van der Waals surface area (Å²) in [6.45, 7) is 7.38. The molecule has 1 fully saturated rings. The number of fused-ring (bicyclic) bond motifs is 1. The van der Waals surface area contributed by atoms with E-state index >= 15 is 0 Å². The van der Waals surface area contributed by atoms with E-state index in [-0.39, 0.29) is 17.1 Å². The molecule has 1 N–H and O–H groups in total. The summed E-state index contributed by atoms with van der Waals surface area (Å²) < 4.78 is 13.7. The van der Waals surface area contributed by atoms with Crippen molar-refractivity contribution in [1.29, 1.82) is 0 Å². The van der Waals surface area contributed by atoms with Crippen LogP contribution in [0.1, 0.15) is 50.2 Å². The highest BCUT2D eigenvalue weighted by Gasteiger charge is 2.33. The topological polar surface area (TPSA) is 47.9 Å². The number of halogens is 1. The normalized spacial score (nSPS) is 18.9. The number of para-hydroxylation sites is 1. The van der Waals surface area contributed by atoms with E-state index in [1.165, 1.54) is 17.3 Å². The fourth-order valence-electron chi connectivity index (χ4n) is 4.80. The molecule has 2 aliphatic rings. The number of aliphatic imine (C=N–C) groups is 1. The monoisotopic (exact) mass is 436 g/mol. The Labute approximate surface area is 190 Å². The predicted molar refractivity (Wildman–Crippen MR) is 128 cm³/mol. The largest absolute Gasteiger partial charge is 0.355 e. The molecule has 1 unspecified atom stereocenters. The van der Waals surface area contributed by atoms with Crippen molar-refractivity contribution in [3.05, 3.63) is 65.5 Å². The molecular formula is C26H33FN4O. The third kappa shape index (κ3) is 4.64. The summed E-state index contributed by atoms with van der Waals surface area (Å²) in [5.41, 5.74) is 3.18. The fraction of sp³-hybridized carbons (Fsp3) is 0.462. The number of rotatable bonds is 6. The van der Waals surface area contributed by atoms with Gasteiger partial charge in [0.05, 0.1) is 0 Å². The van der Waals surface area contributed by atoms with Crippen molar-refractivity contribution in [3.63, 3.8) is 0 Å². The summed E-state index contributed by atoms with van der Waals surface area (Å²) in [7, 11) is 1.80. The van der Waals surface area contributed by atoms with E-state index in [0.29, 0.717) is 18.9 Å². The SMILES string of the molecule is CN=C(NCC(C)(C)c1cccc(F)c1)N1CC(CCN2CCCC2=O)c2ccccc21. The number of amides is 1. The van der Waals surface area contributed by atoms with Crippen molar-refractivity contribution in [2.75, 3.05) is 38.1 Å². The van der Waals surface area contributed by atoms with Gasteiger partial charge in [0.25, 0.3) is 0 Å². The van der Waals surface area contributed by atoms with Crippen LogP contribution in [0.2, 0.25) is 0 Å². The zero-order chi connectivity index (χ0) is 22.7. The number of nitrogens with one attached hydrogen (secondary N) is 1. The lowest BCUT2D eigenvalue weighted by molar-refractivity contribution is -0.127. The van der Waals surface area contributed by atoms with Gasteiger partial charge >= 0.3 is 0 Å². The Balaban J connectivity index is 1.46. The van der Waals surface area contributed by atoms with Crippen molar-refractivity contribution in [2.45, 2.75) is 44.4 Å². The van der Waals surface area contributed by atoms with Crippen LogP contribution in [0.4, 0.5) is 10.1 Å². The van der Waals surface area contributed by atoms with Crippen molar-refractivity contribution in [2.24, 2.45) is 4.99 Å². The summed E-state index contributed by atoms with van der Waals surface area (Å²) in [5.74, 6) is 1.24. The molecule has 2 aliphatic heterocycles. The summed E-state index contributed by atoms with van der Waals surface area (Å²) in [4.78, 5) is 20.8. The van der Waals surface area contributed by atoms with Crippen molar-refractivity contribution in [3.8, 4) is 0 Å². The molecule has 4 rings (SSSR count). The lowest BCUT2D eigenvalue weighted by Crippen LogP contribution is -2.45. The van der Waals surface area contributed by atoms with E-state index in [9.17, 15) is 9.18 Å². The van der Waals surface area contributed by atoms with Crippen molar-refractivity contribution in [1.82, 2.24) is 10.2 Å². The van der Waals surface area contributed by atoms with E-state index in [1.54, 1.807) is 19.2 Å². The molecule has 0 spiro atoms. The van der Waals surface area contributed by atoms with Crippen LogP contribution in [-0.2, 0) is 10.2 Å². The number of benzene rings is 2. The molecule has 2 heterocycles. The molecule has 6 heteroatoms. The van der Waals surface area contributed by atoms with Gasteiger partial charge < -0.3 is 15.1 Å². The first-order valence-electron chi connectivity index (χ1n) is 11.5. The average Bonchev–Trinajstić information content (AvgIpc) is 3.36. The summed E-state index contributed by atoms with van der Waals surface area (Å²) in [6, 6.07) is 15.3. The van der Waals surface area contributed by atoms with Gasteiger partial charge in [0, 0.05) is 56.7 Å².